The van der Waals surface area contributed by atoms with Crippen molar-refractivity contribution < 1.29 is 28.9 Å². The number of aromatic hydroxyl groups is 2. The number of anilines is 1. The third-order valence-corrected chi connectivity index (χ3v) is 3.47. The number of halogens is 1. The Kier molecular flexibility index (Phi) is 5.47. The molecule has 2 N–H and O–H groups in total. The van der Waals surface area contributed by atoms with Gasteiger partial charge in [0.25, 0.3) is 5.91 Å². The Balaban J connectivity index is 2.45. The maximum atomic E-state index is 13.0. The Morgan fingerprint density at radius 3 is 2.42 bits per heavy atom. The molecule has 0 spiro atoms. The zero-order chi connectivity index (χ0) is 17.7. The number of rotatable bonds is 6. The van der Waals surface area contributed by atoms with Crippen LogP contribution < -0.4 is 14.4 Å². The highest BCUT2D eigenvalue weighted by Crippen LogP contribution is 2.34. The minimum absolute atomic E-state index is 0.0138. The van der Waals surface area contributed by atoms with Crippen LogP contribution in [0.3, 0.4) is 0 Å². The van der Waals surface area contributed by atoms with Crippen molar-refractivity contribution in [1.82, 2.24) is 0 Å². The first kappa shape index (κ1) is 17.4. The van der Waals surface area contributed by atoms with Crippen molar-refractivity contribution in [1.29, 1.82) is 0 Å². The second kappa shape index (κ2) is 7.54. The van der Waals surface area contributed by atoms with Crippen molar-refractivity contribution in [3.63, 3.8) is 0 Å². The SMILES string of the molecule is COc1ccc(OC)c(N(Cc2ccc(O)c(O)c2)C(=O)CF)c1. The highest BCUT2D eigenvalue weighted by atomic mass is 19.1. The van der Waals surface area contributed by atoms with Gasteiger partial charge in [-0.1, -0.05) is 6.07 Å². The van der Waals surface area contributed by atoms with Crippen molar-refractivity contribution in [3.8, 4) is 23.0 Å². The number of benzene rings is 2. The van der Waals surface area contributed by atoms with Gasteiger partial charge in [0.1, 0.15) is 11.5 Å². The molecule has 6 nitrogen and oxygen atoms in total. The largest absolute Gasteiger partial charge is 0.504 e. The van der Waals surface area contributed by atoms with Crippen molar-refractivity contribution in [3.05, 3.63) is 42.0 Å². The third kappa shape index (κ3) is 3.68. The number of phenolic OH excluding ortho intramolecular Hbond substituents is 2. The molecule has 0 bridgehead atoms. The van der Waals surface area contributed by atoms with Gasteiger partial charge in [0, 0.05) is 6.07 Å². The fourth-order valence-corrected chi connectivity index (χ4v) is 2.24. The maximum Gasteiger partial charge on any atom is 0.258 e. The van der Waals surface area contributed by atoms with E-state index in [0.717, 1.165) is 0 Å². The van der Waals surface area contributed by atoms with Crippen LogP contribution in [0.5, 0.6) is 23.0 Å². The molecule has 0 aliphatic heterocycles. The van der Waals surface area contributed by atoms with E-state index in [0.29, 0.717) is 22.7 Å². The van der Waals surface area contributed by atoms with E-state index < -0.39 is 12.6 Å². The number of nitrogens with zero attached hydrogens (tertiary/aromatic N) is 1. The summed E-state index contributed by atoms with van der Waals surface area (Å²) in [6, 6.07) is 8.97. The molecule has 2 aromatic rings. The zero-order valence-electron chi connectivity index (χ0n) is 13.3. The molecule has 2 aromatic carbocycles. The molecule has 128 valence electrons. The summed E-state index contributed by atoms with van der Waals surface area (Å²) in [6.07, 6.45) is 0. The molecule has 0 heterocycles. The van der Waals surface area contributed by atoms with Crippen molar-refractivity contribution in [2.75, 3.05) is 25.8 Å². The average Bonchev–Trinajstić information content (AvgIpc) is 2.61. The quantitative estimate of drug-likeness (QED) is 0.794. The van der Waals surface area contributed by atoms with E-state index in [-0.39, 0.29) is 18.0 Å². The summed E-state index contributed by atoms with van der Waals surface area (Å²) in [7, 11) is 2.92. The first-order chi connectivity index (χ1) is 11.5. The predicted octanol–water partition coefficient (Wildman–Crippen LogP) is 2.62. The number of methoxy groups -OCH3 is 2. The fourth-order valence-electron chi connectivity index (χ4n) is 2.24. The van der Waals surface area contributed by atoms with Crippen LogP contribution in [0.1, 0.15) is 5.56 Å². The van der Waals surface area contributed by atoms with Gasteiger partial charge in [0.15, 0.2) is 18.2 Å². The van der Waals surface area contributed by atoms with E-state index in [2.05, 4.69) is 0 Å². The average molecular weight is 335 g/mol. The van der Waals surface area contributed by atoms with Gasteiger partial charge in [0.2, 0.25) is 0 Å². The number of carbonyl (C=O) groups excluding carboxylic acids is 1. The monoisotopic (exact) mass is 335 g/mol. The van der Waals surface area contributed by atoms with Gasteiger partial charge < -0.3 is 24.6 Å². The molecule has 7 heteroatoms. The lowest BCUT2D eigenvalue weighted by atomic mass is 10.1. The molecule has 0 atom stereocenters. The normalized spacial score (nSPS) is 10.3. The van der Waals surface area contributed by atoms with Gasteiger partial charge in [0.05, 0.1) is 26.5 Å². The van der Waals surface area contributed by atoms with E-state index in [9.17, 15) is 19.4 Å². The molecule has 0 aromatic heterocycles. The van der Waals surface area contributed by atoms with Crippen LogP contribution in [-0.4, -0.2) is 37.0 Å². The lowest BCUT2D eigenvalue weighted by Gasteiger charge is -2.24. The number of carbonyl (C=O) groups is 1. The first-order valence-electron chi connectivity index (χ1n) is 7.09. The molecule has 1 amide bonds. The minimum Gasteiger partial charge on any atom is -0.504 e. The van der Waals surface area contributed by atoms with Crippen LogP contribution in [0.4, 0.5) is 10.1 Å². The third-order valence-electron chi connectivity index (χ3n) is 3.47. The van der Waals surface area contributed by atoms with Gasteiger partial charge in [-0.05, 0) is 29.8 Å². The lowest BCUT2D eigenvalue weighted by Crippen LogP contribution is -2.32. The fraction of sp³-hybridized carbons (Fsp3) is 0.235. The van der Waals surface area contributed by atoms with Gasteiger partial charge in [-0.15, -0.1) is 0 Å². The van der Waals surface area contributed by atoms with Crippen LogP contribution in [0.2, 0.25) is 0 Å². The highest BCUT2D eigenvalue weighted by Gasteiger charge is 2.21. The smallest absolute Gasteiger partial charge is 0.258 e. The number of hydrogen-bond acceptors (Lipinski definition) is 5. The predicted molar refractivity (Wildman–Crippen MR) is 86.5 cm³/mol. The number of phenols is 2. The minimum atomic E-state index is -1.19. The van der Waals surface area contributed by atoms with Gasteiger partial charge in [-0.3, -0.25) is 4.79 Å². The van der Waals surface area contributed by atoms with E-state index in [4.69, 9.17) is 9.47 Å². The van der Waals surface area contributed by atoms with E-state index >= 15 is 0 Å². The second-order valence-electron chi connectivity index (χ2n) is 4.97. The molecule has 0 fully saturated rings. The standard InChI is InChI=1S/C17H18FNO5/c1-23-12-4-6-16(24-2)13(8-12)19(17(22)9-18)10-11-3-5-14(20)15(21)7-11/h3-8,20-21H,9-10H2,1-2H3. The van der Waals surface area contributed by atoms with Gasteiger partial charge >= 0.3 is 0 Å². The summed E-state index contributed by atoms with van der Waals surface area (Å²) in [5, 5.41) is 19.0. The Morgan fingerprint density at radius 2 is 1.83 bits per heavy atom. The van der Waals surface area contributed by atoms with Crippen LogP contribution >= 0.6 is 0 Å². The van der Waals surface area contributed by atoms with Crippen LogP contribution in [0, 0.1) is 0 Å². The summed E-state index contributed by atoms with van der Waals surface area (Å²) >= 11 is 0. The number of alkyl halides is 1. The Morgan fingerprint density at radius 1 is 1.08 bits per heavy atom. The molecular weight excluding hydrogens is 317 g/mol. The summed E-state index contributed by atoms with van der Waals surface area (Å²) in [5.74, 6) is -0.510. The molecule has 0 radical (unpaired) electrons. The van der Waals surface area contributed by atoms with Crippen molar-refractivity contribution in [2.24, 2.45) is 0 Å². The lowest BCUT2D eigenvalue weighted by molar-refractivity contribution is -0.119. The molecule has 2 rings (SSSR count). The number of ether oxygens (including phenoxy) is 2. The molecule has 0 saturated heterocycles. The molecule has 24 heavy (non-hydrogen) atoms. The second-order valence-corrected chi connectivity index (χ2v) is 4.97. The topological polar surface area (TPSA) is 79.2 Å². The first-order valence-corrected chi connectivity index (χ1v) is 7.09. The molecule has 0 aliphatic rings. The van der Waals surface area contributed by atoms with Crippen LogP contribution in [0.15, 0.2) is 36.4 Å². The van der Waals surface area contributed by atoms with E-state index in [1.165, 1.54) is 37.3 Å². The molecule has 0 unspecified atom stereocenters. The number of amides is 1. The van der Waals surface area contributed by atoms with E-state index in [1.807, 2.05) is 0 Å². The highest BCUT2D eigenvalue weighted by molar-refractivity contribution is 5.95. The summed E-state index contributed by atoms with van der Waals surface area (Å²) in [4.78, 5) is 13.3. The zero-order valence-corrected chi connectivity index (χ0v) is 13.3. The van der Waals surface area contributed by atoms with Crippen LogP contribution in [0.25, 0.3) is 0 Å². The Hall–Kier alpha value is -2.96. The Labute approximate surface area is 138 Å². The van der Waals surface area contributed by atoms with Gasteiger partial charge in [-0.25, -0.2) is 4.39 Å². The summed E-state index contributed by atoms with van der Waals surface area (Å²) in [5.41, 5.74) is 0.851. The van der Waals surface area contributed by atoms with Crippen LogP contribution in [-0.2, 0) is 11.3 Å². The van der Waals surface area contributed by atoms with Gasteiger partial charge in [-0.2, -0.15) is 0 Å². The molecule has 0 saturated carbocycles. The number of hydrogen-bond donors (Lipinski definition) is 2. The molecule has 0 aliphatic carbocycles. The maximum absolute atomic E-state index is 13.0. The summed E-state index contributed by atoms with van der Waals surface area (Å²) < 4.78 is 23.4. The summed E-state index contributed by atoms with van der Waals surface area (Å²) in [6.45, 7) is -1.20. The molecular formula is C17H18FNO5. The van der Waals surface area contributed by atoms with Crippen molar-refractivity contribution in [2.45, 2.75) is 6.54 Å². The Bertz CT molecular complexity index is 735. The van der Waals surface area contributed by atoms with E-state index in [1.54, 1.807) is 18.2 Å². The van der Waals surface area contributed by atoms with Crippen molar-refractivity contribution >= 4 is 11.6 Å².